The molecule has 0 aliphatic carbocycles. The number of thiazole rings is 1. The summed E-state index contributed by atoms with van der Waals surface area (Å²) < 4.78 is 0. The summed E-state index contributed by atoms with van der Waals surface area (Å²) in [6.45, 7) is 6.11. The van der Waals surface area contributed by atoms with Crippen LogP contribution in [-0.2, 0) is 0 Å². The van der Waals surface area contributed by atoms with Crippen LogP contribution in [0.3, 0.4) is 0 Å². The SMILES string of the molecule is CC(CN)CCNC(C)c1nccs1. The minimum atomic E-state index is 0.361. The molecule has 3 nitrogen and oxygen atoms in total. The first-order valence-corrected chi connectivity index (χ1v) is 5.94. The molecule has 0 aliphatic heterocycles. The number of aromatic nitrogens is 1. The van der Waals surface area contributed by atoms with Gasteiger partial charge in [0.05, 0.1) is 6.04 Å². The lowest BCUT2D eigenvalue weighted by Gasteiger charge is -2.13. The summed E-state index contributed by atoms with van der Waals surface area (Å²) >= 11 is 1.70. The minimum absolute atomic E-state index is 0.361. The molecule has 0 fully saturated rings. The third-order valence-corrected chi connectivity index (χ3v) is 3.27. The van der Waals surface area contributed by atoms with Crippen LogP contribution in [0, 0.1) is 5.92 Å². The Kier molecular flexibility index (Phi) is 5.07. The zero-order valence-corrected chi connectivity index (χ0v) is 9.68. The average molecular weight is 213 g/mol. The molecule has 0 aromatic carbocycles. The Labute approximate surface area is 89.7 Å². The Bertz CT molecular complexity index is 236. The van der Waals surface area contributed by atoms with E-state index in [1.54, 1.807) is 11.3 Å². The molecule has 0 amide bonds. The molecule has 0 radical (unpaired) electrons. The number of rotatable bonds is 6. The van der Waals surface area contributed by atoms with Crippen molar-refractivity contribution in [2.75, 3.05) is 13.1 Å². The van der Waals surface area contributed by atoms with Gasteiger partial charge in [-0.05, 0) is 32.4 Å². The smallest absolute Gasteiger partial charge is 0.109 e. The van der Waals surface area contributed by atoms with Gasteiger partial charge in [-0.25, -0.2) is 4.98 Å². The van der Waals surface area contributed by atoms with E-state index < -0.39 is 0 Å². The molecule has 4 heteroatoms. The van der Waals surface area contributed by atoms with Crippen molar-refractivity contribution in [3.8, 4) is 0 Å². The number of nitrogens with one attached hydrogen (secondary N) is 1. The van der Waals surface area contributed by atoms with Crippen molar-refractivity contribution < 1.29 is 0 Å². The molecule has 2 atom stereocenters. The maximum Gasteiger partial charge on any atom is 0.109 e. The molecule has 1 heterocycles. The molecular weight excluding hydrogens is 194 g/mol. The summed E-state index contributed by atoms with van der Waals surface area (Å²) in [5, 5.41) is 6.61. The third-order valence-electron chi connectivity index (χ3n) is 2.31. The largest absolute Gasteiger partial charge is 0.330 e. The third kappa shape index (κ3) is 3.74. The lowest BCUT2D eigenvalue weighted by Crippen LogP contribution is -2.23. The van der Waals surface area contributed by atoms with Crippen LogP contribution in [0.15, 0.2) is 11.6 Å². The molecule has 0 spiro atoms. The van der Waals surface area contributed by atoms with E-state index in [0.717, 1.165) is 24.5 Å². The van der Waals surface area contributed by atoms with Crippen LogP contribution in [0.25, 0.3) is 0 Å². The van der Waals surface area contributed by atoms with Crippen LogP contribution in [0.2, 0.25) is 0 Å². The number of nitrogens with zero attached hydrogens (tertiary/aromatic N) is 1. The van der Waals surface area contributed by atoms with Gasteiger partial charge in [-0.3, -0.25) is 0 Å². The highest BCUT2D eigenvalue weighted by Crippen LogP contribution is 2.14. The first-order valence-electron chi connectivity index (χ1n) is 5.07. The Balaban J connectivity index is 2.19. The zero-order chi connectivity index (χ0) is 10.4. The van der Waals surface area contributed by atoms with E-state index in [4.69, 9.17) is 5.73 Å². The molecule has 0 aliphatic rings. The predicted molar refractivity (Wildman–Crippen MR) is 61.4 cm³/mol. The van der Waals surface area contributed by atoms with E-state index in [1.165, 1.54) is 0 Å². The standard InChI is InChI=1S/C10H19N3S/c1-8(7-11)3-4-12-9(2)10-13-5-6-14-10/h5-6,8-9,12H,3-4,7,11H2,1-2H3. The lowest BCUT2D eigenvalue weighted by molar-refractivity contribution is 0.478. The summed E-state index contributed by atoms with van der Waals surface area (Å²) in [6, 6.07) is 0.361. The number of hydrogen-bond acceptors (Lipinski definition) is 4. The van der Waals surface area contributed by atoms with Gasteiger partial charge in [-0.2, -0.15) is 0 Å². The fraction of sp³-hybridized carbons (Fsp3) is 0.700. The van der Waals surface area contributed by atoms with Gasteiger partial charge >= 0.3 is 0 Å². The maximum absolute atomic E-state index is 5.55. The Morgan fingerprint density at radius 3 is 2.93 bits per heavy atom. The topological polar surface area (TPSA) is 50.9 Å². The van der Waals surface area contributed by atoms with Crippen molar-refractivity contribution in [1.29, 1.82) is 0 Å². The van der Waals surface area contributed by atoms with Gasteiger partial charge < -0.3 is 11.1 Å². The quantitative estimate of drug-likeness (QED) is 0.757. The van der Waals surface area contributed by atoms with Crippen molar-refractivity contribution in [2.24, 2.45) is 11.7 Å². The lowest BCUT2D eigenvalue weighted by atomic mass is 10.1. The first kappa shape index (κ1) is 11.6. The van der Waals surface area contributed by atoms with Crippen molar-refractivity contribution in [3.05, 3.63) is 16.6 Å². The van der Waals surface area contributed by atoms with Gasteiger partial charge in [0.25, 0.3) is 0 Å². The Morgan fingerprint density at radius 1 is 1.57 bits per heavy atom. The zero-order valence-electron chi connectivity index (χ0n) is 8.86. The molecule has 2 unspecified atom stereocenters. The summed E-state index contributed by atoms with van der Waals surface area (Å²) in [5.74, 6) is 0.603. The molecule has 0 saturated heterocycles. The summed E-state index contributed by atoms with van der Waals surface area (Å²) in [5.41, 5.74) is 5.55. The minimum Gasteiger partial charge on any atom is -0.330 e. The molecule has 3 N–H and O–H groups in total. The normalized spacial score (nSPS) is 15.4. The fourth-order valence-electron chi connectivity index (χ4n) is 1.20. The van der Waals surface area contributed by atoms with E-state index in [9.17, 15) is 0 Å². The van der Waals surface area contributed by atoms with Crippen LogP contribution >= 0.6 is 11.3 Å². The fourth-order valence-corrected chi connectivity index (χ4v) is 1.87. The van der Waals surface area contributed by atoms with Gasteiger partial charge in [-0.1, -0.05) is 6.92 Å². The van der Waals surface area contributed by atoms with E-state index in [0.29, 0.717) is 12.0 Å². The van der Waals surface area contributed by atoms with E-state index in [-0.39, 0.29) is 0 Å². The molecular formula is C10H19N3S. The van der Waals surface area contributed by atoms with Gasteiger partial charge in [0, 0.05) is 11.6 Å². The molecule has 80 valence electrons. The van der Waals surface area contributed by atoms with Gasteiger partial charge in [0.1, 0.15) is 5.01 Å². The molecule has 1 rings (SSSR count). The first-order chi connectivity index (χ1) is 6.74. The molecule has 14 heavy (non-hydrogen) atoms. The van der Waals surface area contributed by atoms with Crippen LogP contribution in [-0.4, -0.2) is 18.1 Å². The van der Waals surface area contributed by atoms with Gasteiger partial charge in [0.2, 0.25) is 0 Å². The monoisotopic (exact) mass is 213 g/mol. The van der Waals surface area contributed by atoms with Crippen LogP contribution in [0.4, 0.5) is 0 Å². The van der Waals surface area contributed by atoms with Crippen LogP contribution < -0.4 is 11.1 Å². The predicted octanol–water partition coefficient (Wildman–Crippen LogP) is 1.78. The molecule has 1 aromatic heterocycles. The second-order valence-corrected chi connectivity index (χ2v) is 4.60. The average Bonchev–Trinajstić information content (AvgIpc) is 2.70. The highest BCUT2D eigenvalue weighted by molar-refractivity contribution is 7.09. The summed E-state index contributed by atoms with van der Waals surface area (Å²) in [4.78, 5) is 4.27. The number of nitrogens with two attached hydrogens (primary N) is 1. The second kappa shape index (κ2) is 6.11. The highest BCUT2D eigenvalue weighted by atomic mass is 32.1. The van der Waals surface area contributed by atoms with E-state index in [2.05, 4.69) is 24.1 Å². The number of hydrogen-bond donors (Lipinski definition) is 2. The summed E-state index contributed by atoms with van der Waals surface area (Å²) in [6.07, 6.45) is 2.98. The van der Waals surface area contributed by atoms with Crippen LogP contribution in [0.1, 0.15) is 31.3 Å². The van der Waals surface area contributed by atoms with Crippen LogP contribution in [0.5, 0.6) is 0 Å². The Morgan fingerprint density at radius 2 is 2.36 bits per heavy atom. The summed E-state index contributed by atoms with van der Waals surface area (Å²) in [7, 11) is 0. The Hall–Kier alpha value is -0.450. The van der Waals surface area contributed by atoms with Crippen molar-refractivity contribution in [3.63, 3.8) is 0 Å². The van der Waals surface area contributed by atoms with Crippen molar-refractivity contribution >= 4 is 11.3 Å². The van der Waals surface area contributed by atoms with E-state index >= 15 is 0 Å². The highest BCUT2D eigenvalue weighted by Gasteiger charge is 2.07. The van der Waals surface area contributed by atoms with E-state index in [1.807, 2.05) is 11.6 Å². The van der Waals surface area contributed by atoms with Gasteiger partial charge in [0.15, 0.2) is 0 Å². The molecule has 1 aromatic rings. The molecule has 0 bridgehead atoms. The van der Waals surface area contributed by atoms with Crippen molar-refractivity contribution in [1.82, 2.24) is 10.3 Å². The van der Waals surface area contributed by atoms with Gasteiger partial charge in [-0.15, -0.1) is 11.3 Å². The van der Waals surface area contributed by atoms with Crippen molar-refractivity contribution in [2.45, 2.75) is 26.3 Å². The second-order valence-electron chi connectivity index (χ2n) is 3.68. The molecule has 0 saturated carbocycles. The maximum atomic E-state index is 5.55.